The SMILES string of the molecule is O=C1CCC(N2Cc3ccc(NC4CC(Oc5ccc(C6(c7ccc(Oc8ccc(-n9ccnn9)nn8)cc7)CC6)cc5)C4)cc3C2)C(=O)N1. The minimum absolute atomic E-state index is 0.0244. The third-order valence-corrected chi connectivity index (χ3v) is 10.4. The molecule has 2 N–H and O–H groups in total. The molecule has 5 aromatic rings. The van der Waals surface area contributed by atoms with Crippen LogP contribution < -0.4 is 20.1 Å². The molecule has 2 amide bonds. The molecule has 0 bridgehead atoms. The number of nitrogens with one attached hydrogen (secondary N) is 2. The molecule has 252 valence electrons. The van der Waals surface area contributed by atoms with Crippen molar-refractivity contribution >= 4 is 17.5 Å². The first kappa shape index (κ1) is 30.4. The summed E-state index contributed by atoms with van der Waals surface area (Å²) in [5.74, 6) is 2.24. The Labute approximate surface area is 288 Å². The minimum Gasteiger partial charge on any atom is -0.490 e. The van der Waals surface area contributed by atoms with E-state index < -0.39 is 0 Å². The zero-order chi connectivity index (χ0) is 33.7. The van der Waals surface area contributed by atoms with Gasteiger partial charge in [0, 0.05) is 55.6 Å². The molecular formula is C38H36N8O4. The van der Waals surface area contributed by atoms with Crippen molar-refractivity contribution < 1.29 is 19.1 Å². The maximum atomic E-state index is 12.4. The molecule has 4 heterocycles. The van der Waals surface area contributed by atoms with Crippen molar-refractivity contribution in [2.45, 2.75) is 75.2 Å². The predicted octanol–water partition coefficient (Wildman–Crippen LogP) is 5.07. The third-order valence-electron chi connectivity index (χ3n) is 10.4. The topological polar surface area (TPSA) is 136 Å². The van der Waals surface area contributed by atoms with Crippen LogP contribution in [0.2, 0.25) is 0 Å². The standard InChI is InChI=1S/C38H36N8O4/c47-35-13-11-33(37(48)41-35)45-22-24-1-6-28(19-25(24)23-45)40-29-20-32(21-29)49-30-7-2-26(3-8-30)38(15-16-38)27-4-9-31(10-5-27)50-36-14-12-34(42-43-36)46-18-17-39-44-46/h1-10,12,14,17-19,29,32-33,40H,11,13,15-16,20-23H2,(H,41,47,48). The Balaban J connectivity index is 0.758. The molecule has 2 aromatic heterocycles. The lowest BCUT2D eigenvalue weighted by Crippen LogP contribution is -2.50. The van der Waals surface area contributed by atoms with Crippen LogP contribution in [-0.4, -0.2) is 60.1 Å². The van der Waals surface area contributed by atoms with Gasteiger partial charge in [-0.3, -0.25) is 19.8 Å². The van der Waals surface area contributed by atoms with E-state index in [4.69, 9.17) is 9.47 Å². The first-order chi connectivity index (χ1) is 24.5. The molecular weight excluding hydrogens is 632 g/mol. The van der Waals surface area contributed by atoms with Crippen LogP contribution in [0.25, 0.3) is 5.82 Å². The lowest BCUT2D eigenvalue weighted by Gasteiger charge is -2.36. The molecule has 3 aromatic carbocycles. The van der Waals surface area contributed by atoms with E-state index >= 15 is 0 Å². The number of carbonyl (C=O) groups is 2. The zero-order valence-corrected chi connectivity index (χ0v) is 27.4. The molecule has 50 heavy (non-hydrogen) atoms. The first-order valence-electron chi connectivity index (χ1n) is 17.2. The average Bonchev–Trinajstić information content (AvgIpc) is 3.52. The van der Waals surface area contributed by atoms with E-state index in [-0.39, 0.29) is 29.4 Å². The van der Waals surface area contributed by atoms with Gasteiger partial charge in [0.15, 0.2) is 5.82 Å². The first-order valence-corrected chi connectivity index (χ1v) is 17.2. The predicted molar refractivity (Wildman–Crippen MR) is 183 cm³/mol. The molecule has 2 aliphatic carbocycles. The second-order valence-corrected chi connectivity index (χ2v) is 13.7. The highest BCUT2D eigenvalue weighted by molar-refractivity contribution is 6.00. The van der Waals surface area contributed by atoms with E-state index in [1.165, 1.54) is 22.3 Å². The fourth-order valence-corrected chi connectivity index (χ4v) is 7.47. The van der Waals surface area contributed by atoms with Gasteiger partial charge in [-0.05, 0) is 84.0 Å². The van der Waals surface area contributed by atoms with Gasteiger partial charge in [0.05, 0.1) is 18.4 Å². The van der Waals surface area contributed by atoms with Crippen molar-refractivity contribution in [2.24, 2.45) is 0 Å². The number of piperidine rings is 1. The highest BCUT2D eigenvalue weighted by Crippen LogP contribution is 2.54. The highest BCUT2D eigenvalue weighted by Gasteiger charge is 2.45. The lowest BCUT2D eigenvalue weighted by atomic mass is 9.87. The Morgan fingerprint density at radius 3 is 2.28 bits per heavy atom. The van der Waals surface area contributed by atoms with Crippen LogP contribution in [0, 0.1) is 0 Å². The van der Waals surface area contributed by atoms with Gasteiger partial charge in [0.2, 0.25) is 17.7 Å². The van der Waals surface area contributed by atoms with Gasteiger partial charge < -0.3 is 14.8 Å². The Kier molecular flexibility index (Phi) is 7.53. The molecule has 1 atom stereocenters. The summed E-state index contributed by atoms with van der Waals surface area (Å²) in [4.78, 5) is 26.1. The zero-order valence-electron chi connectivity index (χ0n) is 27.4. The van der Waals surface area contributed by atoms with Crippen LogP contribution >= 0.6 is 0 Å². The van der Waals surface area contributed by atoms with Gasteiger partial charge in [0.25, 0.3) is 0 Å². The smallest absolute Gasteiger partial charge is 0.243 e. The Morgan fingerprint density at radius 1 is 0.840 bits per heavy atom. The van der Waals surface area contributed by atoms with Crippen molar-refractivity contribution in [1.29, 1.82) is 0 Å². The number of amides is 2. The van der Waals surface area contributed by atoms with Gasteiger partial charge in [0.1, 0.15) is 17.6 Å². The maximum absolute atomic E-state index is 12.4. The van der Waals surface area contributed by atoms with E-state index in [0.29, 0.717) is 36.3 Å². The summed E-state index contributed by atoms with van der Waals surface area (Å²) in [7, 11) is 0. The summed E-state index contributed by atoms with van der Waals surface area (Å²) < 4.78 is 13.8. The van der Waals surface area contributed by atoms with Crippen molar-refractivity contribution in [3.05, 3.63) is 114 Å². The summed E-state index contributed by atoms with van der Waals surface area (Å²) >= 11 is 0. The summed E-state index contributed by atoms with van der Waals surface area (Å²) in [5, 5.41) is 22.2. The van der Waals surface area contributed by atoms with E-state index in [1.807, 2.05) is 12.1 Å². The second kappa shape index (κ2) is 12.4. The van der Waals surface area contributed by atoms with Crippen LogP contribution in [0.15, 0.2) is 91.3 Å². The number of anilines is 1. The Morgan fingerprint density at radius 2 is 1.60 bits per heavy atom. The van der Waals surface area contributed by atoms with E-state index in [9.17, 15) is 9.59 Å². The van der Waals surface area contributed by atoms with Crippen molar-refractivity contribution in [3.8, 4) is 23.2 Å². The summed E-state index contributed by atoms with van der Waals surface area (Å²) in [6.45, 7) is 1.46. The highest BCUT2D eigenvalue weighted by atomic mass is 16.5. The molecule has 0 spiro atoms. The number of hydrogen-bond donors (Lipinski definition) is 2. The summed E-state index contributed by atoms with van der Waals surface area (Å²) in [6.07, 6.45) is 8.56. The number of benzene rings is 3. The number of carbonyl (C=O) groups excluding carboxylic acids is 2. The summed E-state index contributed by atoms with van der Waals surface area (Å²) in [5.41, 5.74) is 6.18. The number of rotatable bonds is 10. The molecule has 9 rings (SSSR count). The normalized spacial score (nSPS) is 22.3. The number of nitrogens with zero attached hydrogens (tertiary/aromatic N) is 6. The van der Waals surface area contributed by atoms with Crippen LogP contribution in [0.5, 0.6) is 17.4 Å². The fourth-order valence-electron chi connectivity index (χ4n) is 7.47. The van der Waals surface area contributed by atoms with Gasteiger partial charge in [-0.1, -0.05) is 35.5 Å². The van der Waals surface area contributed by atoms with E-state index in [1.54, 1.807) is 29.2 Å². The Bertz CT molecular complexity index is 2020. The molecule has 2 saturated carbocycles. The maximum Gasteiger partial charge on any atom is 0.243 e. The number of hydrogen-bond acceptors (Lipinski definition) is 10. The van der Waals surface area contributed by atoms with Crippen molar-refractivity contribution in [3.63, 3.8) is 0 Å². The Hall–Kier alpha value is -5.62. The fraction of sp³-hybridized carbons (Fsp3) is 0.316. The molecule has 3 fully saturated rings. The van der Waals surface area contributed by atoms with Gasteiger partial charge in [-0.15, -0.1) is 15.3 Å². The molecule has 1 unspecified atom stereocenters. The van der Waals surface area contributed by atoms with E-state index in [0.717, 1.165) is 50.2 Å². The summed E-state index contributed by atoms with van der Waals surface area (Å²) in [6, 6.07) is 27.0. The van der Waals surface area contributed by atoms with Crippen LogP contribution in [0.1, 0.15) is 60.8 Å². The quantitative estimate of drug-likeness (QED) is 0.194. The molecule has 2 aliphatic heterocycles. The van der Waals surface area contributed by atoms with Crippen LogP contribution in [0.4, 0.5) is 5.69 Å². The van der Waals surface area contributed by atoms with Gasteiger partial charge in [-0.25, -0.2) is 4.68 Å². The average molecular weight is 669 g/mol. The largest absolute Gasteiger partial charge is 0.490 e. The van der Waals surface area contributed by atoms with Gasteiger partial charge in [-0.2, -0.15) is 0 Å². The molecule has 1 saturated heterocycles. The van der Waals surface area contributed by atoms with Crippen LogP contribution in [-0.2, 0) is 28.1 Å². The molecule has 4 aliphatic rings. The van der Waals surface area contributed by atoms with Gasteiger partial charge >= 0.3 is 0 Å². The van der Waals surface area contributed by atoms with E-state index in [2.05, 4.69) is 90.6 Å². The van der Waals surface area contributed by atoms with Crippen LogP contribution in [0.3, 0.4) is 0 Å². The number of imide groups is 1. The molecule has 12 heteroatoms. The molecule has 12 nitrogen and oxygen atoms in total. The van der Waals surface area contributed by atoms with Crippen molar-refractivity contribution in [2.75, 3.05) is 5.32 Å². The third kappa shape index (κ3) is 5.96. The minimum atomic E-state index is -0.240. The number of ether oxygens (including phenoxy) is 2. The monoisotopic (exact) mass is 668 g/mol. The lowest BCUT2D eigenvalue weighted by molar-refractivity contribution is -0.137. The molecule has 0 radical (unpaired) electrons. The second-order valence-electron chi connectivity index (χ2n) is 13.7. The number of aromatic nitrogens is 5. The van der Waals surface area contributed by atoms with Crippen molar-refractivity contribution in [1.82, 2.24) is 35.4 Å². The number of fused-ring (bicyclic) bond motifs is 1.